The number of carbonyl (C=O) groups is 1. The molecule has 1 nitrogen and oxygen atoms in total. The van der Waals surface area contributed by atoms with Gasteiger partial charge in [-0.2, -0.15) is 0 Å². The van der Waals surface area contributed by atoms with Gasteiger partial charge in [0.05, 0.1) is 0 Å². The van der Waals surface area contributed by atoms with E-state index in [9.17, 15) is 4.79 Å². The second-order valence-electron chi connectivity index (χ2n) is 5.89. The van der Waals surface area contributed by atoms with Crippen molar-refractivity contribution in [1.29, 1.82) is 0 Å². The van der Waals surface area contributed by atoms with Gasteiger partial charge in [-0.1, -0.05) is 30.9 Å². The van der Waals surface area contributed by atoms with Crippen molar-refractivity contribution in [3.05, 3.63) is 34.9 Å². The summed E-state index contributed by atoms with van der Waals surface area (Å²) in [4.78, 5) is 12.7. The highest BCUT2D eigenvalue weighted by Crippen LogP contribution is 2.55. The van der Waals surface area contributed by atoms with E-state index < -0.39 is 0 Å². The van der Waals surface area contributed by atoms with Crippen molar-refractivity contribution in [2.75, 3.05) is 0 Å². The lowest BCUT2D eigenvalue weighted by molar-refractivity contribution is 0.0804. The number of carbonyl (C=O) groups excluding carboxylic acids is 1. The minimum atomic E-state index is 0.265. The first-order valence-electron chi connectivity index (χ1n) is 7.01. The van der Waals surface area contributed by atoms with Gasteiger partial charge in [-0.05, 0) is 55.4 Å². The van der Waals surface area contributed by atoms with Gasteiger partial charge in [-0.25, -0.2) is 0 Å². The molecule has 1 aromatic carbocycles. The smallest absolute Gasteiger partial charge is 0.166 e. The van der Waals surface area contributed by atoms with Crippen molar-refractivity contribution in [3.63, 3.8) is 0 Å². The maximum absolute atomic E-state index is 12.7. The summed E-state index contributed by atoms with van der Waals surface area (Å²) in [6, 6.07) is 7.41. The van der Waals surface area contributed by atoms with Crippen molar-refractivity contribution >= 4 is 17.4 Å². The molecule has 18 heavy (non-hydrogen) atoms. The van der Waals surface area contributed by atoms with Crippen LogP contribution in [0.3, 0.4) is 0 Å². The number of halogens is 1. The zero-order valence-electron chi connectivity index (χ0n) is 10.6. The Morgan fingerprint density at radius 3 is 2.33 bits per heavy atom. The topological polar surface area (TPSA) is 17.1 Å². The first-order chi connectivity index (χ1) is 8.71. The number of ketones is 1. The van der Waals surface area contributed by atoms with Crippen LogP contribution in [-0.2, 0) is 0 Å². The fourth-order valence-electron chi connectivity index (χ4n) is 4.04. The SMILES string of the molecule is O=C(c1ccc(Cl)cc1)C1CCCC12CCCC2. The van der Waals surface area contributed by atoms with Crippen LogP contribution in [0.5, 0.6) is 0 Å². The summed E-state index contributed by atoms with van der Waals surface area (Å²) in [6.07, 6.45) is 8.71. The molecule has 0 amide bonds. The molecule has 3 rings (SSSR count). The molecule has 1 spiro atoms. The fraction of sp³-hybridized carbons (Fsp3) is 0.562. The zero-order chi connectivity index (χ0) is 12.6. The van der Waals surface area contributed by atoms with Crippen molar-refractivity contribution in [1.82, 2.24) is 0 Å². The van der Waals surface area contributed by atoms with Gasteiger partial charge in [-0.15, -0.1) is 0 Å². The Bertz CT molecular complexity index is 437. The Hall–Kier alpha value is -0.820. The molecule has 2 aliphatic carbocycles. The molecule has 1 atom stereocenters. The first kappa shape index (κ1) is 12.2. The molecule has 96 valence electrons. The third-order valence-electron chi connectivity index (χ3n) is 4.95. The van der Waals surface area contributed by atoms with Crippen LogP contribution in [0.4, 0.5) is 0 Å². The highest BCUT2D eigenvalue weighted by atomic mass is 35.5. The number of hydrogen-bond donors (Lipinski definition) is 0. The highest BCUT2D eigenvalue weighted by molar-refractivity contribution is 6.30. The van der Waals surface area contributed by atoms with E-state index in [1.165, 1.54) is 38.5 Å². The molecule has 2 saturated carbocycles. The summed E-state index contributed by atoms with van der Waals surface area (Å²) in [5, 5.41) is 0.702. The van der Waals surface area contributed by atoms with Crippen LogP contribution in [0.1, 0.15) is 55.3 Å². The van der Waals surface area contributed by atoms with Gasteiger partial charge in [-0.3, -0.25) is 4.79 Å². The average Bonchev–Trinajstić information content (AvgIpc) is 3.01. The van der Waals surface area contributed by atoms with Crippen LogP contribution in [0.25, 0.3) is 0 Å². The predicted octanol–water partition coefficient (Wildman–Crippen LogP) is 4.88. The summed E-state index contributed by atoms with van der Waals surface area (Å²) in [6.45, 7) is 0. The van der Waals surface area contributed by atoms with E-state index in [4.69, 9.17) is 11.6 Å². The van der Waals surface area contributed by atoms with Crippen molar-refractivity contribution in [2.24, 2.45) is 11.3 Å². The molecule has 0 aliphatic heterocycles. The van der Waals surface area contributed by atoms with Gasteiger partial charge in [0, 0.05) is 16.5 Å². The predicted molar refractivity (Wildman–Crippen MR) is 74.0 cm³/mol. The van der Waals surface area contributed by atoms with Crippen LogP contribution in [0.15, 0.2) is 24.3 Å². The van der Waals surface area contributed by atoms with E-state index in [-0.39, 0.29) is 5.92 Å². The molecule has 0 bridgehead atoms. The Morgan fingerprint density at radius 2 is 1.67 bits per heavy atom. The maximum atomic E-state index is 12.7. The molecule has 0 radical (unpaired) electrons. The third-order valence-corrected chi connectivity index (χ3v) is 5.20. The Morgan fingerprint density at radius 1 is 1.06 bits per heavy atom. The molecule has 1 aromatic rings. The van der Waals surface area contributed by atoms with Gasteiger partial charge in [0.2, 0.25) is 0 Å². The summed E-state index contributed by atoms with van der Waals surface area (Å²) in [7, 11) is 0. The molecule has 2 fully saturated rings. The largest absolute Gasteiger partial charge is 0.294 e. The quantitative estimate of drug-likeness (QED) is 0.694. The van der Waals surface area contributed by atoms with Gasteiger partial charge in [0.15, 0.2) is 5.78 Å². The molecule has 0 N–H and O–H groups in total. The molecule has 0 saturated heterocycles. The summed E-state index contributed by atoms with van der Waals surface area (Å²) < 4.78 is 0. The van der Waals surface area contributed by atoms with Crippen LogP contribution >= 0.6 is 11.6 Å². The minimum Gasteiger partial charge on any atom is -0.294 e. The lowest BCUT2D eigenvalue weighted by Crippen LogP contribution is -2.28. The van der Waals surface area contributed by atoms with Crippen molar-refractivity contribution in [3.8, 4) is 0 Å². The van der Waals surface area contributed by atoms with E-state index >= 15 is 0 Å². The molecule has 2 heteroatoms. The van der Waals surface area contributed by atoms with Crippen LogP contribution in [-0.4, -0.2) is 5.78 Å². The fourth-order valence-corrected chi connectivity index (χ4v) is 4.17. The van der Waals surface area contributed by atoms with Gasteiger partial charge in [0.25, 0.3) is 0 Å². The van der Waals surface area contributed by atoms with E-state index in [1.54, 1.807) is 0 Å². The van der Waals surface area contributed by atoms with Crippen LogP contribution < -0.4 is 0 Å². The monoisotopic (exact) mass is 262 g/mol. The Kier molecular flexibility index (Phi) is 3.19. The molecular formula is C16H19ClO. The normalized spacial score (nSPS) is 25.7. The standard InChI is InChI=1S/C16H19ClO/c17-13-7-5-12(6-8-13)15(18)14-4-3-11-16(14)9-1-2-10-16/h5-8,14H,1-4,9-11H2. The summed E-state index contributed by atoms with van der Waals surface area (Å²) in [5.41, 5.74) is 1.19. The second kappa shape index (κ2) is 4.70. The maximum Gasteiger partial charge on any atom is 0.166 e. The number of benzene rings is 1. The van der Waals surface area contributed by atoms with E-state index in [1.807, 2.05) is 24.3 Å². The lowest BCUT2D eigenvalue weighted by atomic mass is 9.73. The minimum absolute atomic E-state index is 0.265. The average molecular weight is 263 g/mol. The second-order valence-corrected chi connectivity index (χ2v) is 6.32. The Balaban J connectivity index is 1.85. The summed E-state index contributed by atoms with van der Waals surface area (Å²) in [5.74, 6) is 0.618. The van der Waals surface area contributed by atoms with Gasteiger partial charge >= 0.3 is 0 Å². The molecule has 1 unspecified atom stereocenters. The summed E-state index contributed by atoms with van der Waals surface area (Å²) >= 11 is 5.89. The van der Waals surface area contributed by atoms with Crippen LogP contribution in [0.2, 0.25) is 5.02 Å². The number of rotatable bonds is 2. The highest BCUT2D eigenvalue weighted by Gasteiger charge is 2.47. The zero-order valence-corrected chi connectivity index (χ0v) is 11.4. The van der Waals surface area contributed by atoms with E-state index in [0.29, 0.717) is 16.2 Å². The van der Waals surface area contributed by atoms with Gasteiger partial charge in [0.1, 0.15) is 0 Å². The molecular weight excluding hydrogens is 244 g/mol. The number of hydrogen-bond acceptors (Lipinski definition) is 1. The molecule has 0 aromatic heterocycles. The van der Waals surface area contributed by atoms with E-state index in [0.717, 1.165) is 12.0 Å². The molecule has 2 aliphatic rings. The van der Waals surface area contributed by atoms with Gasteiger partial charge < -0.3 is 0 Å². The number of Topliss-reactive ketones (excluding diaryl/α,β-unsaturated/α-hetero) is 1. The van der Waals surface area contributed by atoms with Crippen molar-refractivity contribution in [2.45, 2.75) is 44.9 Å². The van der Waals surface area contributed by atoms with Crippen molar-refractivity contribution < 1.29 is 4.79 Å². The van der Waals surface area contributed by atoms with Crippen LogP contribution in [0, 0.1) is 11.3 Å². The Labute approximate surface area is 114 Å². The lowest BCUT2D eigenvalue weighted by Gasteiger charge is -2.30. The molecule has 0 heterocycles. The third kappa shape index (κ3) is 1.99. The van der Waals surface area contributed by atoms with E-state index in [2.05, 4.69) is 0 Å². The first-order valence-corrected chi connectivity index (χ1v) is 7.39.